The molecule has 2 N–H and O–H groups in total. The number of rotatable bonds is 4. The molecule has 6 heteroatoms. The van der Waals surface area contributed by atoms with E-state index < -0.39 is 5.56 Å². The fourth-order valence-electron chi connectivity index (χ4n) is 1.60. The predicted octanol–water partition coefficient (Wildman–Crippen LogP) is 2.99. The lowest BCUT2D eigenvalue weighted by Crippen LogP contribution is -2.10. The Labute approximate surface area is 121 Å². The molecule has 0 aliphatic rings. The molecular weight excluding hydrogens is 276 g/mol. The molecule has 20 heavy (non-hydrogen) atoms. The van der Waals surface area contributed by atoms with Gasteiger partial charge in [-0.25, -0.2) is 5.10 Å². The maximum Gasteiger partial charge on any atom is 0.285 e. The van der Waals surface area contributed by atoms with Crippen molar-refractivity contribution in [2.24, 2.45) is 5.10 Å². The van der Waals surface area contributed by atoms with E-state index in [0.29, 0.717) is 11.6 Å². The maximum absolute atomic E-state index is 11.2. The first-order valence-electron chi connectivity index (χ1n) is 6.20. The molecule has 0 atom stereocenters. The van der Waals surface area contributed by atoms with Gasteiger partial charge in [0.05, 0.1) is 12.4 Å². The summed E-state index contributed by atoms with van der Waals surface area (Å²) >= 11 is 5.81. The third kappa shape index (κ3) is 3.45. The number of nitrogens with zero attached hydrogens (tertiary/aromatic N) is 2. The van der Waals surface area contributed by atoms with Gasteiger partial charge in [-0.05, 0) is 17.0 Å². The molecule has 0 saturated heterocycles. The molecule has 0 aliphatic carbocycles. The summed E-state index contributed by atoms with van der Waals surface area (Å²) in [5, 5.41) is 9.95. The standard InChI is InChI=1S/C14H15ClN4O/c1-9(2)11-5-3-10(4-6-11)7-16-18-12-8-17-19-14(20)13(12)15/h3-9H,1-2H3,(H2,18,19,20)/b16-7-. The van der Waals surface area contributed by atoms with Crippen molar-refractivity contribution in [3.05, 3.63) is 57.0 Å². The Morgan fingerprint density at radius 3 is 2.70 bits per heavy atom. The van der Waals surface area contributed by atoms with Gasteiger partial charge in [0.15, 0.2) is 0 Å². The van der Waals surface area contributed by atoms with Gasteiger partial charge in [-0.1, -0.05) is 49.7 Å². The summed E-state index contributed by atoms with van der Waals surface area (Å²) in [7, 11) is 0. The molecule has 2 aromatic rings. The first-order valence-corrected chi connectivity index (χ1v) is 6.58. The van der Waals surface area contributed by atoms with Gasteiger partial charge in [0.1, 0.15) is 10.7 Å². The molecule has 1 aromatic heterocycles. The first kappa shape index (κ1) is 14.3. The normalized spacial score (nSPS) is 11.2. The average molecular weight is 291 g/mol. The van der Waals surface area contributed by atoms with Gasteiger partial charge in [0.2, 0.25) is 0 Å². The first-order chi connectivity index (χ1) is 9.58. The van der Waals surface area contributed by atoms with Crippen molar-refractivity contribution >= 4 is 23.5 Å². The zero-order chi connectivity index (χ0) is 14.5. The SMILES string of the molecule is CC(C)c1ccc(/C=N\Nc2cn[nH]c(=O)c2Cl)cc1. The minimum absolute atomic E-state index is 0.0345. The van der Waals surface area contributed by atoms with Crippen LogP contribution in [0.25, 0.3) is 0 Å². The Morgan fingerprint density at radius 2 is 2.05 bits per heavy atom. The van der Waals surface area contributed by atoms with Crippen LogP contribution in [0.15, 0.2) is 40.4 Å². The molecule has 0 radical (unpaired) electrons. The zero-order valence-corrected chi connectivity index (χ0v) is 12.0. The van der Waals surface area contributed by atoms with E-state index in [1.165, 1.54) is 11.8 Å². The van der Waals surface area contributed by atoms with E-state index in [1.54, 1.807) is 6.21 Å². The van der Waals surface area contributed by atoms with E-state index in [1.807, 2.05) is 12.1 Å². The van der Waals surface area contributed by atoms with Crippen molar-refractivity contribution < 1.29 is 0 Å². The molecule has 0 bridgehead atoms. The number of anilines is 1. The highest BCUT2D eigenvalue weighted by molar-refractivity contribution is 6.32. The van der Waals surface area contributed by atoms with Crippen LogP contribution < -0.4 is 11.0 Å². The van der Waals surface area contributed by atoms with Gasteiger partial charge in [0.25, 0.3) is 5.56 Å². The molecule has 5 nitrogen and oxygen atoms in total. The Morgan fingerprint density at radius 1 is 1.35 bits per heavy atom. The van der Waals surface area contributed by atoms with Crippen molar-refractivity contribution in [3.63, 3.8) is 0 Å². The van der Waals surface area contributed by atoms with Crippen LogP contribution in [0, 0.1) is 0 Å². The van der Waals surface area contributed by atoms with E-state index in [0.717, 1.165) is 5.56 Å². The fraction of sp³-hybridized carbons (Fsp3) is 0.214. The number of H-pyrrole nitrogens is 1. The second-order valence-corrected chi connectivity index (χ2v) is 5.00. The molecular formula is C14H15ClN4O. The summed E-state index contributed by atoms with van der Waals surface area (Å²) in [6.45, 7) is 4.29. The van der Waals surface area contributed by atoms with E-state index in [9.17, 15) is 4.79 Å². The van der Waals surface area contributed by atoms with Crippen LogP contribution in [0.3, 0.4) is 0 Å². The maximum atomic E-state index is 11.2. The lowest BCUT2D eigenvalue weighted by Gasteiger charge is -2.04. The Balaban J connectivity index is 2.06. The number of hydrogen-bond acceptors (Lipinski definition) is 4. The third-order valence-electron chi connectivity index (χ3n) is 2.80. The molecule has 0 amide bonds. The molecule has 1 heterocycles. The molecule has 0 spiro atoms. The minimum Gasteiger partial charge on any atom is -0.275 e. The quantitative estimate of drug-likeness (QED) is 0.672. The van der Waals surface area contributed by atoms with Gasteiger partial charge in [0, 0.05) is 0 Å². The topological polar surface area (TPSA) is 70.1 Å². The highest BCUT2D eigenvalue weighted by Gasteiger charge is 2.02. The summed E-state index contributed by atoms with van der Waals surface area (Å²) in [4.78, 5) is 11.2. The highest BCUT2D eigenvalue weighted by atomic mass is 35.5. The monoisotopic (exact) mass is 290 g/mol. The van der Waals surface area contributed by atoms with Gasteiger partial charge >= 0.3 is 0 Å². The average Bonchev–Trinajstić information content (AvgIpc) is 2.44. The number of halogens is 1. The van der Waals surface area contributed by atoms with Crippen LogP contribution in [0.5, 0.6) is 0 Å². The zero-order valence-electron chi connectivity index (χ0n) is 11.2. The molecule has 0 aliphatic heterocycles. The van der Waals surface area contributed by atoms with Crippen LogP contribution in [0.4, 0.5) is 5.69 Å². The highest BCUT2D eigenvalue weighted by Crippen LogP contribution is 2.15. The van der Waals surface area contributed by atoms with Gasteiger partial charge < -0.3 is 0 Å². The number of aromatic amines is 1. The Kier molecular flexibility index (Phi) is 4.53. The van der Waals surface area contributed by atoms with Crippen LogP contribution >= 0.6 is 11.6 Å². The summed E-state index contributed by atoms with van der Waals surface area (Å²) in [6.07, 6.45) is 3.06. The minimum atomic E-state index is -0.451. The van der Waals surface area contributed by atoms with Crippen molar-refractivity contribution in [2.45, 2.75) is 19.8 Å². The van der Waals surface area contributed by atoms with Gasteiger partial charge in [-0.2, -0.15) is 10.2 Å². The number of nitrogens with one attached hydrogen (secondary N) is 2. The van der Waals surface area contributed by atoms with E-state index in [4.69, 9.17) is 11.6 Å². The number of benzene rings is 1. The van der Waals surface area contributed by atoms with Crippen molar-refractivity contribution in [1.82, 2.24) is 10.2 Å². The lowest BCUT2D eigenvalue weighted by atomic mass is 10.0. The van der Waals surface area contributed by atoms with Crippen molar-refractivity contribution in [2.75, 3.05) is 5.43 Å². The molecule has 0 unspecified atom stereocenters. The molecule has 0 saturated carbocycles. The lowest BCUT2D eigenvalue weighted by molar-refractivity contribution is 0.866. The third-order valence-corrected chi connectivity index (χ3v) is 3.17. The Bertz CT molecular complexity index is 662. The summed E-state index contributed by atoms with van der Waals surface area (Å²) in [5.41, 5.74) is 4.84. The predicted molar refractivity (Wildman–Crippen MR) is 81.6 cm³/mol. The van der Waals surface area contributed by atoms with E-state index >= 15 is 0 Å². The second-order valence-electron chi connectivity index (χ2n) is 4.62. The molecule has 2 rings (SSSR count). The number of hydrazone groups is 1. The molecule has 104 valence electrons. The number of hydrogen-bond donors (Lipinski definition) is 2. The van der Waals surface area contributed by atoms with Gasteiger partial charge in [-0.3, -0.25) is 10.2 Å². The van der Waals surface area contributed by atoms with Crippen LogP contribution in [-0.4, -0.2) is 16.4 Å². The molecule has 1 aromatic carbocycles. The number of aromatic nitrogens is 2. The van der Waals surface area contributed by atoms with E-state index in [2.05, 4.69) is 46.7 Å². The van der Waals surface area contributed by atoms with Crippen LogP contribution in [0.1, 0.15) is 30.9 Å². The van der Waals surface area contributed by atoms with Crippen LogP contribution in [-0.2, 0) is 0 Å². The van der Waals surface area contributed by atoms with Crippen molar-refractivity contribution in [1.29, 1.82) is 0 Å². The molecule has 0 fully saturated rings. The smallest absolute Gasteiger partial charge is 0.275 e. The summed E-state index contributed by atoms with van der Waals surface area (Å²) in [5.74, 6) is 0.500. The fourth-order valence-corrected chi connectivity index (χ4v) is 1.74. The van der Waals surface area contributed by atoms with Gasteiger partial charge in [-0.15, -0.1) is 0 Å². The largest absolute Gasteiger partial charge is 0.285 e. The summed E-state index contributed by atoms with van der Waals surface area (Å²) in [6, 6.07) is 8.10. The van der Waals surface area contributed by atoms with Crippen molar-refractivity contribution in [3.8, 4) is 0 Å². The van der Waals surface area contributed by atoms with E-state index in [-0.39, 0.29) is 5.02 Å². The Hall–Kier alpha value is -2.14. The van der Waals surface area contributed by atoms with Crippen LogP contribution in [0.2, 0.25) is 5.02 Å². The second kappa shape index (κ2) is 6.34. The summed E-state index contributed by atoms with van der Waals surface area (Å²) < 4.78 is 0.